The lowest BCUT2D eigenvalue weighted by Gasteiger charge is -2.61. The van der Waals surface area contributed by atoms with Crippen LogP contribution < -0.4 is 30.2 Å². The van der Waals surface area contributed by atoms with E-state index in [2.05, 4.69) is 60.7 Å². The van der Waals surface area contributed by atoms with Crippen LogP contribution in [0.4, 0.5) is 18.0 Å². The van der Waals surface area contributed by atoms with Crippen LogP contribution in [0.1, 0.15) is 192 Å². The summed E-state index contributed by atoms with van der Waals surface area (Å²) in [5.41, 5.74) is 1.96. The van der Waals surface area contributed by atoms with Gasteiger partial charge in [0.05, 0.1) is 57.6 Å². The van der Waals surface area contributed by atoms with E-state index in [1.165, 1.54) is 38.8 Å². The minimum atomic E-state index is -4.64. The molecule has 0 unspecified atom stereocenters. The van der Waals surface area contributed by atoms with Crippen molar-refractivity contribution < 1.29 is 163 Å². The number of aromatic hydroxyl groups is 1. The molecule has 6 fully saturated rings. The van der Waals surface area contributed by atoms with E-state index in [1.54, 1.807) is 65.8 Å². The van der Waals surface area contributed by atoms with Crippen molar-refractivity contribution in [2.45, 2.75) is 310 Å². The summed E-state index contributed by atoms with van der Waals surface area (Å²) >= 11 is 9.53. The highest BCUT2D eigenvalue weighted by Crippen LogP contribution is 2.68. The summed E-state index contributed by atoms with van der Waals surface area (Å²) in [5, 5.41) is 73.2. The van der Waals surface area contributed by atoms with Gasteiger partial charge in [-0.3, -0.25) is 24.0 Å². The molecule has 9 aliphatic heterocycles. The van der Waals surface area contributed by atoms with Crippen molar-refractivity contribution >= 4 is 101 Å². The number of halogens is 5. The second kappa shape index (κ2) is 38.6. The van der Waals surface area contributed by atoms with Gasteiger partial charge in [0, 0.05) is 94.6 Å². The van der Waals surface area contributed by atoms with Crippen molar-refractivity contribution in [2.75, 3.05) is 46.1 Å². The number of nitrogens with zero attached hydrogens (tertiary/aromatic N) is 4. The fraction of sp³-hybridized carbons (Fsp3) is 0.602. The SMILES string of the molecule is C.CC1(C)OC(=O)[C@H](CC(=O)ON2C(=O)CCC2=O)O1.C[C@H](NC(=O)C[C@H](O)C(=O)O)C(=O)OC1=CC[C@@]2(O)[C@H]3Cc4ccc(O)c5c4[C@@]2(CCN3C)[C@H]1O5.Cc1ccc2c3c1O[C@H]1C(OC(=O)[C@H](C)NC(=O)C[C@@H]4OC(C)(C)OC4=O)=CC[C@@]4(O)[C@@H](C2)N(C)CC[C@]314.Cc1ccc2c3c1O[C@H]1C(OC(=O)[C@H](C)NC(=O)OC(C)(C)C)=CC[C@@]4(O)[C@@H](C2)N(C)CC[C@]314.ClCCl.O=CC(F)(F)F. The molecule has 6 aliphatic carbocycles. The third kappa shape index (κ3) is 19.2. The first kappa shape index (κ1) is 104. The van der Waals surface area contributed by atoms with Crippen molar-refractivity contribution in [1.29, 1.82) is 0 Å². The van der Waals surface area contributed by atoms with Crippen molar-refractivity contribution in [1.82, 2.24) is 35.7 Å². The number of benzene rings is 3. The number of imide groups is 1. The van der Waals surface area contributed by atoms with E-state index in [9.17, 15) is 96.2 Å². The molecule has 6 bridgehead atoms. The number of aliphatic hydroxyl groups is 4. The summed E-state index contributed by atoms with van der Waals surface area (Å²) in [7, 11) is 6.07. The maximum Gasteiger partial charge on any atom is 0.446 e. The zero-order chi connectivity index (χ0) is 99.2. The highest BCUT2D eigenvalue weighted by molar-refractivity contribution is 6.40. The van der Waals surface area contributed by atoms with E-state index in [0.717, 1.165) is 70.8 Å². The molecular formula is C93H116Cl2F3N7O31. The lowest BCUT2D eigenvalue weighted by molar-refractivity contribution is -0.200. The first-order valence-corrected chi connectivity index (χ1v) is 45.2. The molecule has 43 heteroatoms. The highest BCUT2D eigenvalue weighted by atomic mass is 35.5. The first-order valence-electron chi connectivity index (χ1n) is 44.1. The number of hydroxylamine groups is 2. The van der Waals surface area contributed by atoms with Crippen LogP contribution in [0.25, 0.3) is 0 Å². The van der Waals surface area contributed by atoms with Gasteiger partial charge >= 0.3 is 54.1 Å². The molecule has 6 saturated heterocycles. The number of aliphatic carboxylic acids is 1. The molecule has 0 aromatic heterocycles. The van der Waals surface area contributed by atoms with Crippen LogP contribution >= 0.6 is 23.2 Å². The molecule has 18 atom stereocenters. The lowest BCUT2D eigenvalue weighted by atomic mass is 9.50. The van der Waals surface area contributed by atoms with Gasteiger partial charge in [0.1, 0.15) is 52.5 Å². The molecule has 9 heterocycles. The van der Waals surface area contributed by atoms with Crippen molar-refractivity contribution in [2.24, 2.45) is 0 Å². The number of phenolic OH excluding ortho intramolecular Hbond substituents is 1. The average Bonchev–Trinajstić information content (AvgIpc) is 1.48. The number of alkyl carbamates (subject to hydrolysis) is 1. The number of amides is 5. The lowest BCUT2D eigenvalue weighted by Crippen LogP contribution is -2.74. The van der Waals surface area contributed by atoms with Crippen LogP contribution in [0, 0.1) is 13.8 Å². The van der Waals surface area contributed by atoms with E-state index in [-0.39, 0.29) is 68.1 Å². The number of carbonyl (C=O) groups excluding carboxylic acids is 12. The zero-order valence-electron chi connectivity index (χ0n) is 77.0. The van der Waals surface area contributed by atoms with Crippen molar-refractivity contribution in [3.8, 4) is 23.0 Å². The Morgan fingerprint density at radius 3 is 1.26 bits per heavy atom. The summed E-state index contributed by atoms with van der Waals surface area (Å²) in [6, 6.07) is 8.46. The Morgan fingerprint density at radius 1 is 0.566 bits per heavy atom. The van der Waals surface area contributed by atoms with Gasteiger partial charge in [-0.25, -0.2) is 38.4 Å². The Kier molecular flexibility index (Phi) is 29.6. The predicted octanol–water partition coefficient (Wildman–Crippen LogP) is 6.14. The average molecular weight is 1960 g/mol. The van der Waals surface area contributed by atoms with Crippen LogP contribution in [0.3, 0.4) is 0 Å². The summed E-state index contributed by atoms with van der Waals surface area (Å²) in [5.74, 6) is -7.72. The molecule has 3 spiro atoms. The number of piperidine rings is 3. The number of carbonyl (C=O) groups is 13. The third-order valence-electron chi connectivity index (χ3n) is 27.5. The maximum atomic E-state index is 13.1. The van der Waals surface area contributed by atoms with Gasteiger partial charge in [-0.05, 0) is 187 Å². The summed E-state index contributed by atoms with van der Waals surface area (Å²) in [6.07, 6.45) is -3.77. The van der Waals surface area contributed by atoms with Gasteiger partial charge in [-0.1, -0.05) is 37.8 Å². The maximum absolute atomic E-state index is 13.1. The van der Waals surface area contributed by atoms with Gasteiger partial charge < -0.3 is 118 Å². The number of rotatable bonds is 17. The molecule has 0 saturated carbocycles. The van der Waals surface area contributed by atoms with Crippen molar-refractivity contribution in [3.63, 3.8) is 0 Å². The number of cyclic esters (lactones) is 2. The number of nitrogens with one attached hydrogen (secondary N) is 3. The van der Waals surface area contributed by atoms with Crippen LogP contribution in [-0.2, 0) is 136 Å². The molecule has 744 valence electrons. The van der Waals surface area contributed by atoms with Gasteiger partial charge in [0.15, 0.2) is 48.1 Å². The number of phenols is 1. The van der Waals surface area contributed by atoms with Crippen LogP contribution in [-0.4, -0.2) is 287 Å². The molecule has 15 aliphatic rings. The summed E-state index contributed by atoms with van der Waals surface area (Å²) in [4.78, 5) is 164. The Hall–Kier alpha value is -10.6. The number of likely N-dealkylation sites (N-methyl/N-ethyl adjacent to an activating group) is 3. The van der Waals surface area contributed by atoms with Gasteiger partial charge in [0.2, 0.25) is 29.7 Å². The second-order valence-electron chi connectivity index (χ2n) is 38.2. The number of ether oxygens (including phenoxy) is 11. The molecule has 0 radical (unpaired) electrons. The fourth-order valence-electron chi connectivity index (χ4n) is 21.6. The first-order chi connectivity index (χ1) is 63.0. The molecule has 9 N–H and O–H groups in total. The molecule has 5 amide bonds. The number of alkyl halides is 5. The number of likely N-dealkylation sites (tertiary alicyclic amines) is 3. The normalized spacial score (nSPS) is 30.2. The number of aldehydes is 1. The Bertz CT molecular complexity index is 5400. The monoisotopic (exact) mass is 1950 g/mol. The smallest absolute Gasteiger partial charge is 0.446 e. The van der Waals surface area contributed by atoms with Crippen LogP contribution in [0.2, 0.25) is 0 Å². The second-order valence-corrected chi connectivity index (χ2v) is 39.0. The van der Waals surface area contributed by atoms with E-state index >= 15 is 0 Å². The number of carboxylic acid groups (broad SMARTS) is 1. The van der Waals surface area contributed by atoms with Gasteiger partial charge in [-0.15, -0.1) is 28.3 Å². The number of aryl methyl sites for hydroxylation is 2. The quantitative estimate of drug-likeness (QED) is 0.0241. The highest BCUT2D eigenvalue weighted by Gasteiger charge is 2.76. The molecule has 136 heavy (non-hydrogen) atoms. The van der Waals surface area contributed by atoms with Crippen LogP contribution in [0.5, 0.6) is 23.0 Å². The largest absolute Gasteiger partial charge is 0.504 e. The molecular weight excluding hydrogens is 1840 g/mol. The Labute approximate surface area is 791 Å². The van der Waals surface area contributed by atoms with E-state index in [0.29, 0.717) is 67.4 Å². The van der Waals surface area contributed by atoms with Gasteiger partial charge in [-0.2, -0.15) is 13.2 Å². The van der Waals surface area contributed by atoms with E-state index < -0.39 is 202 Å². The number of hydrogen-bond donors (Lipinski definition) is 9. The Morgan fingerprint density at radius 2 is 0.912 bits per heavy atom. The summed E-state index contributed by atoms with van der Waals surface area (Å²) < 4.78 is 93.7. The Balaban J connectivity index is 0.000000161. The molecule has 3 aromatic rings. The predicted molar refractivity (Wildman–Crippen MR) is 468 cm³/mol. The number of carboxylic acids is 1. The molecule has 38 nitrogen and oxygen atoms in total. The number of aliphatic hydroxyl groups excluding tert-OH is 1. The fourth-order valence-corrected chi connectivity index (χ4v) is 21.6. The van der Waals surface area contributed by atoms with Gasteiger partial charge in [0.25, 0.3) is 11.8 Å². The van der Waals surface area contributed by atoms with E-state index in [4.69, 9.17) is 85.2 Å². The van der Waals surface area contributed by atoms with Crippen LogP contribution in [0.15, 0.2) is 71.9 Å². The number of esters is 5. The molecule has 3 aromatic carbocycles. The number of hydrogen-bond acceptors (Lipinski definition) is 33. The topological polar surface area (TPSA) is 503 Å². The third-order valence-corrected chi connectivity index (χ3v) is 27.5. The zero-order valence-corrected chi connectivity index (χ0v) is 78.5. The minimum Gasteiger partial charge on any atom is -0.504 e. The standard InChI is InChI=1S/C28H34N2O8.C26H34N2O6.C24H28N2O9.C11H13NO7.C2HF3O.CH2Cl2.CH4/c1-14-6-7-16-12-19-28(34)9-8-17(23-27(28,10-11-30(19)5)21(16)22(14)36-23)35-24(32)15(2)29-20(31)13-18-25(33)38-26(3,4)37-18;1-14-7-8-16-13-18-26(31)10-9-17(32-22(29)15(2)27-23(30)34-24(3,4)5)21-25(26,11-12-28(18)6)19(16)20(14)33-21;1-11(25-17(29)10-14(28)21(30)31)22(32)34-15-5-6-24(33)16-9-12-3-4-13(27)19-18(12)23(24,20(15)35-19)7-8-26(16)2;1-11(2)17-6(10(16)18-11)5-9(15)19-12-7(13)3-4-8(12)14;3-2(4,5)1-6;2-1-3;/h6-8,15,18-19,23,34H,9-13H2,1-5H3,(H,29,31);7-9,15,18,21,31H,10-13H2,1-6H3,(H,27,30);3-5,11,14,16,20,27-28,33H,6-10H2,1-2H3,(H,25,29)(H,30,31);6H,3-5H2,1-2H3;1H;1H2;1H4/t15-,18-,19+,23-,27-,28+;15-,18+,21-,25-,26+;11-,14-,16+,20-,23-,24+;6-;;;/m0000.../s1. The van der Waals surface area contributed by atoms with E-state index in [1.807, 2.05) is 40.1 Å². The molecule has 18 rings (SSSR count). The summed E-state index contributed by atoms with van der Waals surface area (Å²) in [6.45, 7) is 22.3. The van der Waals surface area contributed by atoms with Crippen molar-refractivity contribution in [3.05, 3.63) is 116 Å². The minimum absolute atomic E-state index is 0.